The fourth-order valence-corrected chi connectivity index (χ4v) is 2.15. The van der Waals surface area contributed by atoms with Gasteiger partial charge >= 0.3 is 5.97 Å². The third-order valence-electron chi connectivity index (χ3n) is 3.45. The predicted octanol–water partition coefficient (Wildman–Crippen LogP) is -3.12. The quantitative estimate of drug-likeness (QED) is 0.393. The van der Waals surface area contributed by atoms with Gasteiger partial charge in [0.15, 0.2) is 12.0 Å². The maximum atomic E-state index is 11.5. The van der Waals surface area contributed by atoms with Gasteiger partial charge in [0, 0.05) is 0 Å². The van der Waals surface area contributed by atoms with Crippen molar-refractivity contribution in [2.24, 2.45) is 0 Å². The third kappa shape index (κ3) is 3.83. The number of aliphatic hydroxyl groups excluding tert-OH is 4. The van der Waals surface area contributed by atoms with Gasteiger partial charge in [-0.25, -0.2) is 9.48 Å². The summed E-state index contributed by atoms with van der Waals surface area (Å²) in [5.74, 6) is -0.608. The topological polar surface area (TPSA) is 156 Å². The highest BCUT2D eigenvalue weighted by Gasteiger charge is 2.43. The van der Waals surface area contributed by atoms with Crippen LogP contribution in [-0.4, -0.2) is 92.4 Å². The van der Waals surface area contributed by atoms with E-state index in [-0.39, 0.29) is 18.8 Å². The van der Waals surface area contributed by atoms with E-state index in [1.807, 2.05) is 0 Å². The van der Waals surface area contributed by atoms with Gasteiger partial charge in [-0.2, -0.15) is 0 Å². The van der Waals surface area contributed by atoms with Gasteiger partial charge in [0.1, 0.15) is 24.4 Å². The summed E-state index contributed by atoms with van der Waals surface area (Å²) < 4.78 is 16.3. The average Bonchev–Trinajstić information content (AvgIpc) is 3.02. The van der Waals surface area contributed by atoms with Crippen LogP contribution in [0.2, 0.25) is 0 Å². The molecule has 1 aromatic heterocycles. The van der Waals surface area contributed by atoms with Crippen LogP contribution in [0.1, 0.15) is 10.5 Å². The third-order valence-corrected chi connectivity index (χ3v) is 3.45. The SMILES string of the molecule is COC(=O)c1cnnn1CCO[C@H]1O[C@H](CO)[C@@H](O)[C@H](O)[C@@H]1O. The fraction of sp³-hybridized carbons (Fsp3) is 0.750. The van der Waals surface area contributed by atoms with Gasteiger partial charge in [-0.05, 0) is 0 Å². The Morgan fingerprint density at radius 1 is 1.35 bits per heavy atom. The van der Waals surface area contributed by atoms with Gasteiger partial charge < -0.3 is 34.6 Å². The zero-order valence-electron chi connectivity index (χ0n) is 12.3. The molecule has 0 spiro atoms. The number of carbonyl (C=O) groups excluding carboxylic acids is 1. The molecule has 0 radical (unpaired) electrons. The first-order chi connectivity index (χ1) is 11.0. The van der Waals surface area contributed by atoms with Gasteiger partial charge in [-0.3, -0.25) is 0 Å². The molecule has 0 aliphatic carbocycles. The predicted molar refractivity (Wildman–Crippen MR) is 71.1 cm³/mol. The molecule has 0 bridgehead atoms. The van der Waals surface area contributed by atoms with Crippen molar-refractivity contribution in [2.45, 2.75) is 37.3 Å². The monoisotopic (exact) mass is 333 g/mol. The summed E-state index contributed by atoms with van der Waals surface area (Å²) in [6.45, 7) is -0.462. The molecule has 5 atom stereocenters. The molecule has 130 valence electrons. The van der Waals surface area contributed by atoms with Crippen LogP contribution in [0.4, 0.5) is 0 Å². The van der Waals surface area contributed by atoms with Crippen molar-refractivity contribution in [3.05, 3.63) is 11.9 Å². The van der Waals surface area contributed by atoms with Crippen LogP contribution in [-0.2, 0) is 20.8 Å². The highest BCUT2D eigenvalue weighted by atomic mass is 16.7. The number of nitrogens with zero attached hydrogens (tertiary/aromatic N) is 3. The maximum absolute atomic E-state index is 11.5. The fourth-order valence-electron chi connectivity index (χ4n) is 2.15. The van der Waals surface area contributed by atoms with Gasteiger partial charge in [0.25, 0.3) is 0 Å². The molecule has 2 heterocycles. The Labute approximate surface area is 131 Å². The molecule has 1 aliphatic heterocycles. The summed E-state index contributed by atoms with van der Waals surface area (Å²) in [6, 6.07) is 0. The summed E-state index contributed by atoms with van der Waals surface area (Å²) in [5, 5.41) is 45.5. The van der Waals surface area contributed by atoms with Crippen molar-refractivity contribution in [3.63, 3.8) is 0 Å². The number of esters is 1. The molecule has 4 N–H and O–H groups in total. The lowest BCUT2D eigenvalue weighted by Crippen LogP contribution is -2.59. The average molecular weight is 333 g/mol. The minimum Gasteiger partial charge on any atom is -0.464 e. The van der Waals surface area contributed by atoms with E-state index in [9.17, 15) is 20.1 Å². The van der Waals surface area contributed by atoms with Crippen molar-refractivity contribution in [1.82, 2.24) is 15.0 Å². The van der Waals surface area contributed by atoms with Crippen LogP contribution < -0.4 is 0 Å². The number of hydrogen-bond donors (Lipinski definition) is 4. The number of hydrogen-bond acceptors (Lipinski definition) is 10. The second kappa shape index (κ2) is 7.77. The Balaban J connectivity index is 1.91. The Morgan fingerprint density at radius 3 is 2.74 bits per heavy atom. The normalized spacial score (nSPS) is 31.1. The van der Waals surface area contributed by atoms with Crippen LogP contribution in [0.15, 0.2) is 6.20 Å². The molecule has 1 saturated heterocycles. The molecule has 1 fully saturated rings. The van der Waals surface area contributed by atoms with Crippen molar-refractivity contribution in [1.29, 1.82) is 0 Å². The van der Waals surface area contributed by atoms with E-state index < -0.39 is 43.3 Å². The second-order valence-electron chi connectivity index (χ2n) is 4.90. The molecule has 2 rings (SSSR count). The maximum Gasteiger partial charge on any atom is 0.358 e. The number of carbonyl (C=O) groups is 1. The van der Waals surface area contributed by atoms with Crippen LogP contribution in [0.3, 0.4) is 0 Å². The lowest BCUT2D eigenvalue weighted by molar-refractivity contribution is -0.301. The molecule has 11 heteroatoms. The smallest absolute Gasteiger partial charge is 0.358 e. The first kappa shape index (κ1) is 17.7. The molecule has 1 aliphatic rings. The molecular formula is C12H19N3O8. The highest BCUT2D eigenvalue weighted by Crippen LogP contribution is 2.21. The number of methoxy groups -OCH3 is 1. The first-order valence-corrected chi connectivity index (χ1v) is 6.88. The Hall–Kier alpha value is -1.63. The van der Waals surface area contributed by atoms with Crippen molar-refractivity contribution in [3.8, 4) is 0 Å². The van der Waals surface area contributed by atoms with Crippen LogP contribution in [0.5, 0.6) is 0 Å². The number of rotatable bonds is 6. The van der Waals surface area contributed by atoms with Crippen LogP contribution in [0, 0.1) is 0 Å². The summed E-state index contributed by atoms with van der Waals surface area (Å²) in [5.41, 5.74) is 0.130. The van der Waals surface area contributed by atoms with Crippen LogP contribution in [0.25, 0.3) is 0 Å². The van der Waals surface area contributed by atoms with E-state index in [1.54, 1.807) is 0 Å². The molecular weight excluding hydrogens is 314 g/mol. The zero-order valence-corrected chi connectivity index (χ0v) is 12.3. The largest absolute Gasteiger partial charge is 0.464 e. The van der Waals surface area contributed by atoms with E-state index in [4.69, 9.17) is 14.6 Å². The summed E-state index contributed by atoms with van der Waals surface area (Å²) in [4.78, 5) is 11.5. The van der Waals surface area contributed by atoms with Gasteiger partial charge in [0.05, 0.1) is 33.1 Å². The minimum atomic E-state index is -1.51. The molecule has 0 aromatic carbocycles. The van der Waals surface area contributed by atoms with Crippen molar-refractivity contribution >= 4 is 5.97 Å². The van der Waals surface area contributed by atoms with Gasteiger partial charge in [-0.15, -0.1) is 5.10 Å². The van der Waals surface area contributed by atoms with Crippen molar-refractivity contribution in [2.75, 3.05) is 20.3 Å². The summed E-state index contributed by atoms with van der Waals surface area (Å²) >= 11 is 0. The van der Waals surface area contributed by atoms with Crippen molar-refractivity contribution < 1.29 is 39.4 Å². The lowest BCUT2D eigenvalue weighted by atomic mass is 9.99. The van der Waals surface area contributed by atoms with Crippen LogP contribution >= 0.6 is 0 Å². The number of ether oxygens (including phenoxy) is 3. The highest BCUT2D eigenvalue weighted by molar-refractivity contribution is 5.86. The van der Waals surface area contributed by atoms with E-state index in [1.165, 1.54) is 18.0 Å². The van der Waals surface area contributed by atoms with E-state index in [2.05, 4.69) is 15.0 Å². The van der Waals surface area contributed by atoms with E-state index >= 15 is 0 Å². The minimum absolute atomic E-state index is 0.0317. The second-order valence-corrected chi connectivity index (χ2v) is 4.90. The molecule has 1 aromatic rings. The number of aromatic nitrogens is 3. The first-order valence-electron chi connectivity index (χ1n) is 6.88. The standard InChI is InChI=1S/C12H19N3O8/c1-21-11(20)6-4-13-14-15(6)2-3-22-12-10(19)9(18)8(17)7(5-16)23-12/h4,7-10,12,16-19H,2-3,5H2,1H3/t7-,8-,9+,10+,12+/m1/s1. The summed E-state index contributed by atoms with van der Waals surface area (Å²) in [7, 11) is 1.23. The van der Waals surface area contributed by atoms with E-state index in [0.29, 0.717) is 0 Å². The molecule has 0 unspecified atom stereocenters. The summed E-state index contributed by atoms with van der Waals surface area (Å²) in [6.07, 6.45) is -5.49. The Kier molecular flexibility index (Phi) is 5.98. The zero-order chi connectivity index (χ0) is 17.0. The molecule has 11 nitrogen and oxygen atoms in total. The van der Waals surface area contributed by atoms with E-state index in [0.717, 1.165) is 0 Å². The molecule has 0 saturated carbocycles. The molecule has 23 heavy (non-hydrogen) atoms. The van der Waals surface area contributed by atoms with Gasteiger partial charge in [-0.1, -0.05) is 5.21 Å². The number of aliphatic hydroxyl groups is 4. The Bertz CT molecular complexity index is 522. The van der Waals surface area contributed by atoms with Gasteiger partial charge in [0.2, 0.25) is 0 Å². The Morgan fingerprint density at radius 2 is 2.09 bits per heavy atom. The lowest BCUT2D eigenvalue weighted by Gasteiger charge is -2.39. The molecule has 0 amide bonds.